The van der Waals surface area contributed by atoms with Crippen LogP contribution in [0.15, 0.2) is 4.42 Å². The Bertz CT molecular complexity index is 250. The Hall–Kier alpha value is -1.30. The fourth-order valence-corrected chi connectivity index (χ4v) is 0.840. The van der Waals surface area contributed by atoms with Crippen molar-refractivity contribution in [2.75, 3.05) is 24.3 Å². The number of nitrogens with one attached hydrogen (secondary N) is 1. The van der Waals surface area contributed by atoms with Crippen molar-refractivity contribution in [3.63, 3.8) is 0 Å². The molecule has 1 aromatic heterocycles. The third kappa shape index (κ3) is 3.29. The van der Waals surface area contributed by atoms with Crippen LogP contribution in [0.5, 0.6) is 0 Å². The number of nitrogen functional groups attached to an aromatic ring is 1. The standard InChI is InChI=1S/C7H14N4O2/c1-3-12-4-5(2)9-7-11-10-6(8)13-7/h5H,3-4H2,1-2H3,(H2,8,10)(H,9,11). The summed E-state index contributed by atoms with van der Waals surface area (Å²) >= 11 is 0. The topological polar surface area (TPSA) is 86.2 Å². The molecular formula is C7H14N4O2. The maximum absolute atomic E-state index is 5.24. The second-order valence-corrected chi connectivity index (χ2v) is 2.65. The van der Waals surface area contributed by atoms with Crippen LogP contribution in [0.1, 0.15) is 13.8 Å². The normalized spacial score (nSPS) is 12.8. The van der Waals surface area contributed by atoms with Gasteiger partial charge in [0.15, 0.2) is 0 Å². The largest absolute Gasteiger partial charge is 0.390 e. The first kappa shape index (κ1) is 9.79. The van der Waals surface area contributed by atoms with E-state index in [1.807, 2.05) is 13.8 Å². The van der Waals surface area contributed by atoms with E-state index in [9.17, 15) is 0 Å². The van der Waals surface area contributed by atoms with Gasteiger partial charge in [0, 0.05) is 6.61 Å². The monoisotopic (exact) mass is 186 g/mol. The molecule has 1 atom stereocenters. The Morgan fingerprint density at radius 3 is 2.92 bits per heavy atom. The minimum atomic E-state index is 0.0612. The van der Waals surface area contributed by atoms with Gasteiger partial charge in [-0.2, -0.15) is 0 Å². The summed E-state index contributed by atoms with van der Waals surface area (Å²) in [5.41, 5.74) is 5.24. The van der Waals surface area contributed by atoms with Crippen LogP contribution in [-0.4, -0.2) is 29.5 Å². The van der Waals surface area contributed by atoms with E-state index in [1.165, 1.54) is 0 Å². The van der Waals surface area contributed by atoms with Crippen LogP contribution in [0.4, 0.5) is 12.0 Å². The first-order chi connectivity index (χ1) is 6.22. The Morgan fingerprint density at radius 1 is 1.62 bits per heavy atom. The van der Waals surface area contributed by atoms with Gasteiger partial charge in [-0.25, -0.2) is 0 Å². The molecule has 0 spiro atoms. The van der Waals surface area contributed by atoms with Gasteiger partial charge >= 0.3 is 12.0 Å². The summed E-state index contributed by atoms with van der Waals surface area (Å²) in [4.78, 5) is 0. The van der Waals surface area contributed by atoms with Gasteiger partial charge in [0.25, 0.3) is 0 Å². The fourth-order valence-electron chi connectivity index (χ4n) is 0.840. The van der Waals surface area contributed by atoms with Crippen molar-refractivity contribution in [3.05, 3.63) is 0 Å². The fraction of sp³-hybridized carbons (Fsp3) is 0.714. The lowest BCUT2D eigenvalue weighted by atomic mass is 10.4. The summed E-state index contributed by atoms with van der Waals surface area (Å²) in [6, 6.07) is 0.510. The number of nitrogens with zero attached hydrogens (tertiary/aromatic N) is 2. The Balaban J connectivity index is 2.31. The van der Waals surface area contributed by atoms with Gasteiger partial charge in [-0.15, -0.1) is 0 Å². The molecule has 0 aromatic carbocycles. The molecule has 0 aliphatic rings. The van der Waals surface area contributed by atoms with E-state index in [2.05, 4.69) is 15.5 Å². The van der Waals surface area contributed by atoms with Crippen molar-refractivity contribution >= 4 is 12.0 Å². The van der Waals surface area contributed by atoms with Crippen LogP contribution in [0.3, 0.4) is 0 Å². The summed E-state index contributed by atoms with van der Waals surface area (Å²) in [6.45, 7) is 5.18. The summed E-state index contributed by atoms with van der Waals surface area (Å²) in [5, 5.41) is 10.1. The van der Waals surface area contributed by atoms with Crippen molar-refractivity contribution in [2.45, 2.75) is 19.9 Å². The number of hydrogen-bond acceptors (Lipinski definition) is 6. The molecular weight excluding hydrogens is 172 g/mol. The zero-order valence-electron chi connectivity index (χ0n) is 7.78. The number of ether oxygens (including phenoxy) is 1. The first-order valence-corrected chi connectivity index (χ1v) is 4.15. The molecule has 1 aromatic rings. The van der Waals surface area contributed by atoms with Crippen molar-refractivity contribution in [1.29, 1.82) is 0 Å². The third-order valence-electron chi connectivity index (χ3n) is 1.38. The molecule has 1 rings (SSSR count). The summed E-state index contributed by atoms with van der Waals surface area (Å²) in [5.74, 6) is 0. The second-order valence-electron chi connectivity index (χ2n) is 2.65. The third-order valence-corrected chi connectivity index (χ3v) is 1.38. The predicted molar refractivity (Wildman–Crippen MR) is 48.3 cm³/mol. The molecule has 3 N–H and O–H groups in total. The van der Waals surface area contributed by atoms with Crippen LogP contribution < -0.4 is 11.1 Å². The Morgan fingerprint density at radius 2 is 2.38 bits per heavy atom. The zero-order chi connectivity index (χ0) is 9.68. The molecule has 6 nitrogen and oxygen atoms in total. The van der Waals surface area contributed by atoms with Gasteiger partial charge < -0.3 is 20.2 Å². The molecule has 0 radical (unpaired) electrons. The highest BCUT2D eigenvalue weighted by molar-refractivity contribution is 5.23. The molecule has 1 heterocycles. The van der Waals surface area contributed by atoms with Crippen LogP contribution >= 0.6 is 0 Å². The van der Waals surface area contributed by atoms with Crippen molar-refractivity contribution < 1.29 is 9.15 Å². The van der Waals surface area contributed by atoms with Crippen LogP contribution in [-0.2, 0) is 4.74 Å². The van der Waals surface area contributed by atoms with Crippen LogP contribution in [0.2, 0.25) is 0 Å². The van der Waals surface area contributed by atoms with E-state index in [1.54, 1.807) is 0 Å². The molecule has 1 unspecified atom stereocenters. The average molecular weight is 186 g/mol. The molecule has 0 aliphatic carbocycles. The van der Waals surface area contributed by atoms with Crippen LogP contribution in [0.25, 0.3) is 0 Å². The van der Waals surface area contributed by atoms with Gasteiger partial charge in [-0.1, -0.05) is 10.2 Å². The second kappa shape index (κ2) is 4.66. The van der Waals surface area contributed by atoms with Gasteiger partial charge in [0.2, 0.25) is 0 Å². The molecule has 74 valence electrons. The Kier molecular flexibility index (Phi) is 3.51. The van der Waals surface area contributed by atoms with E-state index in [-0.39, 0.29) is 12.1 Å². The highest BCUT2D eigenvalue weighted by Crippen LogP contribution is 2.07. The van der Waals surface area contributed by atoms with Crippen molar-refractivity contribution in [3.8, 4) is 0 Å². The van der Waals surface area contributed by atoms with Gasteiger partial charge in [0.1, 0.15) is 0 Å². The quantitative estimate of drug-likeness (QED) is 0.696. The smallest absolute Gasteiger partial charge is 0.317 e. The molecule has 0 aliphatic heterocycles. The zero-order valence-corrected chi connectivity index (χ0v) is 7.78. The SMILES string of the molecule is CCOCC(C)Nc1nnc(N)o1. The number of nitrogens with two attached hydrogens (primary N) is 1. The number of anilines is 2. The van der Waals surface area contributed by atoms with Gasteiger partial charge in [0.05, 0.1) is 12.6 Å². The van der Waals surface area contributed by atoms with Gasteiger partial charge in [-0.05, 0) is 13.8 Å². The summed E-state index contributed by atoms with van der Waals surface area (Å²) < 4.78 is 10.1. The number of hydrogen-bond donors (Lipinski definition) is 2. The van der Waals surface area contributed by atoms with E-state index in [4.69, 9.17) is 14.9 Å². The Labute approximate surface area is 76.5 Å². The minimum Gasteiger partial charge on any atom is -0.390 e. The number of aromatic nitrogens is 2. The van der Waals surface area contributed by atoms with Crippen molar-refractivity contribution in [2.24, 2.45) is 0 Å². The predicted octanol–water partition coefficient (Wildman–Crippen LogP) is 0.489. The van der Waals surface area contributed by atoms with E-state index >= 15 is 0 Å². The highest BCUT2D eigenvalue weighted by Gasteiger charge is 2.06. The molecule has 0 fully saturated rings. The molecule has 0 amide bonds. The van der Waals surface area contributed by atoms with E-state index < -0.39 is 0 Å². The molecule has 13 heavy (non-hydrogen) atoms. The van der Waals surface area contributed by atoms with Gasteiger partial charge in [-0.3, -0.25) is 0 Å². The maximum Gasteiger partial charge on any atom is 0.317 e. The summed E-state index contributed by atoms with van der Waals surface area (Å²) in [7, 11) is 0. The van der Waals surface area contributed by atoms with E-state index in [0.29, 0.717) is 19.2 Å². The molecule has 0 bridgehead atoms. The lowest BCUT2D eigenvalue weighted by molar-refractivity contribution is 0.140. The van der Waals surface area contributed by atoms with Crippen molar-refractivity contribution in [1.82, 2.24) is 10.2 Å². The lowest BCUT2D eigenvalue weighted by Crippen LogP contribution is -2.21. The molecule has 6 heteroatoms. The number of rotatable bonds is 5. The molecule has 0 saturated heterocycles. The van der Waals surface area contributed by atoms with E-state index in [0.717, 1.165) is 0 Å². The first-order valence-electron chi connectivity index (χ1n) is 4.15. The summed E-state index contributed by atoms with van der Waals surface area (Å²) in [6.07, 6.45) is 0. The maximum atomic E-state index is 5.24. The lowest BCUT2D eigenvalue weighted by Gasteiger charge is -2.10. The average Bonchev–Trinajstić information content (AvgIpc) is 2.48. The minimum absolute atomic E-state index is 0.0612. The van der Waals surface area contributed by atoms with Crippen LogP contribution in [0, 0.1) is 0 Å². The highest BCUT2D eigenvalue weighted by atomic mass is 16.5. The molecule has 0 saturated carbocycles.